The van der Waals surface area contributed by atoms with Crippen molar-refractivity contribution in [2.75, 3.05) is 16.7 Å². The molecule has 0 spiro atoms. The van der Waals surface area contributed by atoms with Crippen LogP contribution >= 0.6 is 11.6 Å². The maximum atomic E-state index is 12.4. The molecule has 9 heteroatoms. The zero-order valence-corrected chi connectivity index (χ0v) is 15.6. The molecule has 0 aromatic heterocycles. The van der Waals surface area contributed by atoms with E-state index in [9.17, 15) is 18.0 Å². The number of anilines is 2. The van der Waals surface area contributed by atoms with Gasteiger partial charge >= 0.3 is 5.97 Å². The van der Waals surface area contributed by atoms with Gasteiger partial charge in [0.25, 0.3) is 0 Å². The molecule has 0 aliphatic rings. The molecule has 26 heavy (non-hydrogen) atoms. The van der Waals surface area contributed by atoms with Gasteiger partial charge in [-0.25, -0.2) is 13.2 Å². The van der Waals surface area contributed by atoms with E-state index in [2.05, 4.69) is 4.72 Å². The molecule has 0 saturated heterocycles. The summed E-state index contributed by atoms with van der Waals surface area (Å²) in [5.74, 6) is -1.17. The molecule has 0 fully saturated rings. The Hall–Kier alpha value is -2.58. The smallest absolute Gasteiger partial charge is 0.340 e. The highest BCUT2D eigenvalue weighted by Crippen LogP contribution is 2.20. The van der Waals surface area contributed by atoms with Crippen LogP contribution in [0.5, 0.6) is 0 Å². The molecule has 2 aromatic carbocycles. The third kappa shape index (κ3) is 5.21. The number of hydrogen-bond donors (Lipinski definition) is 2. The number of nitrogens with two attached hydrogens (primary N) is 1. The Balaban J connectivity index is 2.08. The number of nitrogens with one attached hydrogen (secondary N) is 1. The van der Waals surface area contributed by atoms with Crippen LogP contribution in [-0.2, 0) is 14.8 Å². The Morgan fingerprint density at radius 3 is 2.31 bits per heavy atom. The average Bonchev–Trinajstić information content (AvgIpc) is 2.53. The van der Waals surface area contributed by atoms with Crippen molar-refractivity contribution in [3.8, 4) is 0 Å². The number of hydrogen-bond acceptors (Lipinski definition) is 6. The fourth-order valence-electron chi connectivity index (χ4n) is 2.15. The average molecular weight is 397 g/mol. The number of benzene rings is 2. The summed E-state index contributed by atoms with van der Waals surface area (Å²) >= 11 is 5.78. The minimum Gasteiger partial charge on any atom is -0.451 e. The predicted molar refractivity (Wildman–Crippen MR) is 100.0 cm³/mol. The molecular weight excluding hydrogens is 380 g/mol. The van der Waals surface area contributed by atoms with E-state index in [0.717, 1.165) is 6.26 Å². The van der Waals surface area contributed by atoms with E-state index in [1.165, 1.54) is 49.4 Å². The molecular formula is C17H17ClN2O5S. The van der Waals surface area contributed by atoms with Crippen LogP contribution in [0.4, 0.5) is 11.4 Å². The number of nitrogen functional groups attached to an aromatic ring is 1. The summed E-state index contributed by atoms with van der Waals surface area (Å²) in [5, 5.41) is 0.381. The van der Waals surface area contributed by atoms with Gasteiger partial charge in [-0.15, -0.1) is 0 Å². The van der Waals surface area contributed by atoms with E-state index < -0.39 is 27.9 Å². The maximum absolute atomic E-state index is 12.4. The van der Waals surface area contributed by atoms with Crippen molar-refractivity contribution >= 4 is 44.8 Å². The lowest BCUT2D eigenvalue weighted by atomic mass is 10.1. The van der Waals surface area contributed by atoms with E-state index in [1.54, 1.807) is 0 Å². The second kappa shape index (κ2) is 7.76. The number of Topliss-reactive ketones (excluding diaryl/α,β-unsaturated/α-hetero) is 1. The highest BCUT2D eigenvalue weighted by molar-refractivity contribution is 7.92. The highest BCUT2D eigenvalue weighted by Gasteiger charge is 2.21. The largest absolute Gasteiger partial charge is 0.451 e. The fraction of sp³-hybridized carbons (Fsp3) is 0.176. The quantitative estimate of drug-likeness (QED) is 0.440. The first kappa shape index (κ1) is 19.7. The zero-order valence-electron chi connectivity index (χ0n) is 14.0. The third-order valence-corrected chi connectivity index (χ3v) is 4.20. The number of ketones is 1. The number of carbonyl (C=O) groups is 2. The van der Waals surface area contributed by atoms with E-state index in [4.69, 9.17) is 22.1 Å². The van der Waals surface area contributed by atoms with Crippen molar-refractivity contribution in [1.29, 1.82) is 0 Å². The van der Waals surface area contributed by atoms with Crippen molar-refractivity contribution in [1.82, 2.24) is 0 Å². The van der Waals surface area contributed by atoms with Gasteiger partial charge in [0.05, 0.1) is 11.8 Å². The van der Waals surface area contributed by atoms with Crippen molar-refractivity contribution in [3.05, 3.63) is 58.6 Å². The summed E-state index contributed by atoms with van der Waals surface area (Å²) in [4.78, 5) is 24.5. The molecule has 3 N–H and O–H groups in total. The molecule has 0 unspecified atom stereocenters. The van der Waals surface area contributed by atoms with Gasteiger partial charge in [-0.3, -0.25) is 9.52 Å². The topological polar surface area (TPSA) is 116 Å². The standard InChI is InChI=1S/C17H17ClN2O5S/c1-10(25-17(22)14-8-5-12(18)9-15(14)19)16(21)11-3-6-13(7-4-11)20-26(2,23)24/h3-10,20H,19H2,1-2H3/t10-/m0/s1. The molecule has 0 aliphatic heterocycles. The second-order valence-corrected chi connectivity index (χ2v) is 7.78. The molecule has 7 nitrogen and oxygen atoms in total. The Morgan fingerprint density at radius 1 is 1.15 bits per heavy atom. The van der Waals surface area contributed by atoms with E-state index >= 15 is 0 Å². The van der Waals surface area contributed by atoms with Crippen molar-refractivity contribution in [2.45, 2.75) is 13.0 Å². The number of halogens is 1. The molecule has 2 rings (SSSR count). The van der Waals surface area contributed by atoms with Gasteiger partial charge in [-0.2, -0.15) is 0 Å². The Labute approximate surface area is 156 Å². The number of ether oxygens (including phenoxy) is 1. The second-order valence-electron chi connectivity index (χ2n) is 5.59. The highest BCUT2D eigenvalue weighted by atomic mass is 35.5. The normalized spacial score (nSPS) is 12.3. The summed E-state index contributed by atoms with van der Waals surface area (Å²) in [5.41, 5.74) is 6.58. The van der Waals surface area contributed by atoms with E-state index in [-0.39, 0.29) is 16.8 Å². The van der Waals surface area contributed by atoms with Crippen LogP contribution in [0.15, 0.2) is 42.5 Å². The van der Waals surface area contributed by atoms with Gasteiger partial charge in [-0.05, 0) is 49.4 Å². The molecule has 0 bridgehead atoms. The third-order valence-electron chi connectivity index (χ3n) is 3.36. The van der Waals surface area contributed by atoms with Crippen molar-refractivity contribution in [2.24, 2.45) is 0 Å². The van der Waals surface area contributed by atoms with Crippen molar-refractivity contribution in [3.63, 3.8) is 0 Å². The van der Waals surface area contributed by atoms with Gasteiger partial charge in [0.1, 0.15) is 0 Å². The molecule has 2 aromatic rings. The Bertz CT molecular complexity index is 942. The van der Waals surface area contributed by atoms with Crippen LogP contribution in [0, 0.1) is 0 Å². The summed E-state index contributed by atoms with van der Waals surface area (Å²) < 4.78 is 29.8. The van der Waals surface area contributed by atoms with Crippen LogP contribution in [0.1, 0.15) is 27.6 Å². The van der Waals surface area contributed by atoms with E-state index in [1.807, 2.05) is 0 Å². The molecule has 0 radical (unpaired) electrons. The Kier molecular flexibility index (Phi) is 5.89. The molecule has 138 valence electrons. The lowest BCUT2D eigenvalue weighted by Crippen LogP contribution is -2.25. The summed E-state index contributed by atoms with van der Waals surface area (Å²) in [6.07, 6.45) is -0.0259. The molecule has 0 amide bonds. The van der Waals surface area contributed by atoms with Crippen LogP contribution < -0.4 is 10.5 Å². The lowest BCUT2D eigenvalue weighted by Gasteiger charge is -2.14. The van der Waals surface area contributed by atoms with Crippen molar-refractivity contribution < 1.29 is 22.7 Å². The molecule has 0 saturated carbocycles. The summed E-state index contributed by atoms with van der Waals surface area (Å²) in [6.45, 7) is 1.44. The predicted octanol–water partition coefficient (Wildman–Crippen LogP) is 2.72. The maximum Gasteiger partial charge on any atom is 0.340 e. The first-order valence-electron chi connectivity index (χ1n) is 7.45. The molecule has 0 heterocycles. The van der Waals surface area contributed by atoms with Gasteiger partial charge < -0.3 is 10.5 Å². The number of sulfonamides is 1. The number of carbonyl (C=O) groups excluding carboxylic acids is 2. The van der Waals surface area contributed by atoms with E-state index in [0.29, 0.717) is 10.7 Å². The first-order valence-corrected chi connectivity index (χ1v) is 9.72. The van der Waals surface area contributed by atoms with Gasteiger partial charge in [0, 0.05) is 22.0 Å². The monoisotopic (exact) mass is 396 g/mol. The fourth-order valence-corrected chi connectivity index (χ4v) is 2.89. The molecule has 0 aliphatic carbocycles. The first-order chi connectivity index (χ1) is 12.1. The van der Waals surface area contributed by atoms with Crippen LogP contribution in [0.3, 0.4) is 0 Å². The summed E-state index contributed by atoms with van der Waals surface area (Å²) in [7, 11) is -3.41. The molecule has 1 atom stereocenters. The zero-order chi connectivity index (χ0) is 19.5. The summed E-state index contributed by atoms with van der Waals surface area (Å²) in [6, 6.07) is 10.1. The van der Waals surface area contributed by atoms with Crippen LogP contribution in [0.2, 0.25) is 5.02 Å². The van der Waals surface area contributed by atoms with Gasteiger partial charge in [0.15, 0.2) is 6.10 Å². The minimum atomic E-state index is -3.41. The lowest BCUT2D eigenvalue weighted by molar-refractivity contribution is 0.0320. The number of rotatable bonds is 6. The number of esters is 1. The van der Waals surface area contributed by atoms with Gasteiger partial charge in [-0.1, -0.05) is 11.6 Å². The Morgan fingerprint density at radius 2 is 1.77 bits per heavy atom. The minimum absolute atomic E-state index is 0.113. The van der Waals surface area contributed by atoms with Crippen LogP contribution in [0.25, 0.3) is 0 Å². The SMILES string of the molecule is C[C@H](OC(=O)c1ccc(Cl)cc1N)C(=O)c1ccc(NS(C)(=O)=O)cc1. The van der Waals surface area contributed by atoms with Gasteiger partial charge in [0.2, 0.25) is 15.8 Å². The van der Waals surface area contributed by atoms with Crippen LogP contribution in [-0.4, -0.2) is 32.5 Å².